The molecule has 0 bridgehead atoms. The predicted octanol–water partition coefficient (Wildman–Crippen LogP) is 1.90. The number of aromatic nitrogens is 2. The van der Waals surface area contributed by atoms with E-state index in [0.29, 0.717) is 22.3 Å². The zero-order valence-electron chi connectivity index (χ0n) is 13.8. The summed E-state index contributed by atoms with van der Waals surface area (Å²) in [7, 11) is 1.53. The lowest BCUT2D eigenvalue weighted by Crippen LogP contribution is -2.41. The van der Waals surface area contributed by atoms with Crippen molar-refractivity contribution in [1.29, 1.82) is 0 Å². The number of methoxy groups -OCH3 is 1. The Hall–Kier alpha value is -3.35. The monoisotopic (exact) mass is 339 g/mol. The summed E-state index contributed by atoms with van der Waals surface area (Å²) >= 11 is 0. The molecule has 1 atom stereocenters. The average molecular weight is 339 g/mol. The molecule has 2 N–H and O–H groups in total. The van der Waals surface area contributed by atoms with Crippen LogP contribution in [0.1, 0.15) is 13.0 Å². The number of fused-ring (bicyclic) bond motifs is 1. The van der Waals surface area contributed by atoms with E-state index < -0.39 is 23.2 Å². The summed E-state index contributed by atoms with van der Waals surface area (Å²) in [5.41, 5.74) is -0.180. The van der Waals surface area contributed by atoms with Crippen LogP contribution in [0, 0.1) is 0 Å². The number of anilines is 1. The number of amides is 1. The first-order valence-electron chi connectivity index (χ1n) is 7.69. The number of carbonyl (C=O) groups is 1. The maximum absolute atomic E-state index is 12.6. The van der Waals surface area contributed by atoms with Crippen LogP contribution in [0.5, 0.6) is 5.75 Å². The smallest absolute Gasteiger partial charge is 0.329 e. The van der Waals surface area contributed by atoms with Gasteiger partial charge in [-0.1, -0.05) is 18.2 Å². The Morgan fingerprint density at radius 3 is 2.68 bits per heavy atom. The van der Waals surface area contributed by atoms with Crippen LogP contribution in [0.4, 0.5) is 5.69 Å². The fourth-order valence-corrected chi connectivity index (χ4v) is 2.59. The number of nitrogens with zero attached hydrogens (tertiary/aromatic N) is 1. The normalized spacial score (nSPS) is 11.9. The minimum atomic E-state index is -0.980. The summed E-state index contributed by atoms with van der Waals surface area (Å²) < 4.78 is 6.02. The fourth-order valence-electron chi connectivity index (χ4n) is 2.59. The van der Waals surface area contributed by atoms with Gasteiger partial charge in [0.2, 0.25) is 5.91 Å². The lowest BCUT2D eigenvalue weighted by molar-refractivity contribution is -0.118. The molecule has 0 spiro atoms. The van der Waals surface area contributed by atoms with Crippen LogP contribution < -0.4 is 21.3 Å². The van der Waals surface area contributed by atoms with Gasteiger partial charge in [0.15, 0.2) is 0 Å². The van der Waals surface area contributed by atoms with Gasteiger partial charge in [-0.2, -0.15) is 0 Å². The fraction of sp³-hybridized carbons (Fsp3) is 0.167. The average Bonchev–Trinajstić information content (AvgIpc) is 2.61. The highest BCUT2D eigenvalue weighted by Crippen LogP contribution is 2.18. The molecule has 3 aromatic rings. The van der Waals surface area contributed by atoms with Gasteiger partial charge in [-0.25, -0.2) is 9.36 Å². The third-order valence-corrected chi connectivity index (χ3v) is 3.94. The highest BCUT2D eigenvalue weighted by Gasteiger charge is 2.20. The van der Waals surface area contributed by atoms with Gasteiger partial charge in [0.25, 0.3) is 5.56 Å². The number of hydrogen-bond donors (Lipinski definition) is 2. The van der Waals surface area contributed by atoms with E-state index in [1.165, 1.54) is 14.0 Å². The van der Waals surface area contributed by atoms with Gasteiger partial charge in [0.1, 0.15) is 11.8 Å². The van der Waals surface area contributed by atoms with Gasteiger partial charge < -0.3 is 15.0 Å². The second kappa shape index (κ2) is 6.64. The van der Waals surface area contributed by atoms with Crippen LogP contribution in [0.15, 0.2) is 58.1 Å². The van der Waals surface area contributed by atoms with Gasteiger partial charge in [0, 0.05) is 11.8 Å². The number of ether oxygens (including phenoxy) is 1. The highest BCUT2D eigenvalue weighted by molar-refractivity contribution is 5.93. The number of hydrogen-bond acceptors (Lipinski definition) is 4. The number of aromatic amines is 1. The molecule has 1 amide bonds. The molecule has 128 valence electrons. The van der Waals surface area contributed by atoms with Crippen molar-refractivity contribution in [2.24, 2.45) is 0 Å². The maximum atomic E-state index is 12.6. The number of carbonyl (C=O) groups excluding carboxylic acids is 1. The summed E-state index contributed by atoms with van der Waals surface area (Å²) in [5.74, 6) is 0.113. The topological polar surface area (TPSA) is 93.2 Å². The quantitative estimate of drug-likeness (QED) is 0.759. The SMILES string of the molecule is COc1cccc(NC(=O)C(C)n2c(=O)[nH]c3ccccc3c2=O)c1. The van der Waals surface area contributed by atoms with Crippen molar-refractivity contribution in [3.05, 3.63) is 69.4 Å². The first kappa shape index (κ1) is 16.5. The van der Waals surface area contributed by atoms with E-state index in [1.54, 1.807) is 48.5 Å². The zero-order chi connectivity index (χ0) is 18.0. The molecule has 0 fully saturated rings. The van der Waals surface area contributed by atoms with Crippen LogP contribution >= 0.6 is 0 Å². The van der Waals surface area contributed by atoms with E-state index in [9.17, 15) is 14.4 Å². The molecule has 3 rings (SSSR count). The van der Waals surface area contributed by atoms with Crippen molar-refractivity contribution in [2.45, 2.75) is 13.0 Å². The number of benzene rings is 2. The van der Waals surface area contributed by atoms with E-state index in [0.717, 1.165) is 4.57 Å². The van der Waals surface area contributed by atoms with Crippen LogP contribution in [0.25, 0.3) is 10.9 Å². The van der Waals surface area contributed by atoms with Crippen LogP contribution in [-0.4, -0.2) is 22.6 Å². The number of H-pyrrole nitrogens is 1. The molecule has 7 heteroatoms. The van der Waals surface area contributed by atoms with Crippen LogP contribution in [-0.2, 0) is 4.79 Å². The van der Waals surface area contributed by atoms with Gasteiger partial charge in [0.05, 0.1) is 18.0 Å². The summed E-state index contributed by atoms with van der Waals surface area (Å²) in [5, 5.41) is 3.04. The molecule has 0 radical (unpaired) electrons. The van der Waals surface area contributed by atoms with Crippen molar-refractivity contribution >= 4 is 22.5 Å². The lowest BCUT2D eigenvalue weighted by Gasteiger charge is -2.15. The molecule has 25 heavy (non-hydrogen) atoms. The van der Waals surface area contributed by atoms with Crippen molar-refractivity contribution in [2.75, 3.05) is 12.4 Å². The molecule has 1 unspecified atom stereocenters. The number of nitrogens with one attached hydrogen (secondary N) is 2. The predicted molar refractivity (Wildman–Crippen MR) is 95.2 cm³/mol. The number of rotatable bonds is 4. The molecule has 2 aromatic carbocycles. The van der Waals surface area contributed by atoms with E-state index in [-0.39, 0.29) is 0 Å². The lowest BCUT2D eigenvalue weighted by atomic mass is 10.2. The van der Waals surface area contributed by atoms with Crippen molar-refractivity contribution in [3.63, 3.8) is 0 Å². The summed E-state index contributed by atoms with van der Waals surface area (Å²) in [4.78, 5) is 40.0. The molecule has 1 aromatic heterocycles. The van der Waals surface area contributed by atoms with E-state index >= 15 is 0 Å². The Morgan fingerprint density at radius 1 is 1.16 bits per heavy atom. The van der Waals surface area contributed by atoms with Gasteiger partial charge in [-0.05, 0) is 31.2 Å². The summed E-state index contributed by atoms with van der Waals surface area (Å²) in [6, 6.07) is 12.5. The molecular weight excluding hydrogens is 322 g/mol. The van der Waals surface area contributed by atoms with Crippen LogP contribution in [0.3, 0.4) is 0 Å². The Bertz CT molecular complexity index is 1050. The second-order valence-corrected chi connectivity index (χ2v) is 5.55. The first-order chi connectivity index (χ1) is 12.0. The molecule has 1 heterocycles. The first-order valence-corrected chi connectivity index (χ1v) is 7.69. The van der Waals surface area contributed by atoms with Crippen molar-refractivity contribution in [3.8, 4) is 5.75 Å². The minimum Gasteiger partial charge on any atom is -0.497 e. The third kappa shape index (κ3) is 3.16. The summed E-state index contributed by atoms with van der Waals surface area (Å²) in [6.45, 7) is 1.50. The Balaban J connectivity index is 1.96. The second-order valence-electron chi connectivity index (χ2n) is 5.55. The third-order valence-electron chi connectivity index (χ3n) is 3.94. The van der Waals surface area contributed by atoms with Gasteiger partial charge in [-0.15, -0.1) is 0 Å². The van der Waals surface area contributed by atoms with E-state index in [4.69, 9.17) is 4.74 Å². The van der Waals surface area contributed by atoms with Crippen molar-refractivity contribution in [1.82, 2.24) is 9.55 Å². The molecule has 0 saturated carbocycles. The molecule has 0 aliphatic carbocycles. The summed E-state index contributed by atoms with van der Waals surface area (Å²) in [6.07, 6.45) is 0. The largest absolute Gasteiger partial charge is 0.497 e. The van der Waals surface area contributed by atoms with E-state index in [1.807, 2.05) is 0 Å². The highest BCUT2D eigenvalue weighted by atomic mass is 16.5. The molecule has 0 saturated heterocycles. The van der Waals surface area contributed by atoms with Gasteiger partial charge >= 0.3 is 5.69 Å². The van der Waals surface area contributed by atoms with E-state index in [2.05, 4.69) is 10.3 Å². The molecule has 0 aliphatic rings. The molecule has 7 nitrogen and oxygen atoms in total. The minimum absolute atomic E-state index is 0.350. The maximum Gasteiger partial charge on any atom is 0.329 e. The molecular formula is C18H17N3O4. The zero-order valence-corrected chi connectivity index (χ0v) is 13.8. The Morgan fingerprint density at radius 2 is 1.92 bits per heavy atom. The Labute approximate surface area is 142 Å². The molecule has 0 aliphatic heterocycles. The van der Waals surface area contributed by atoms with Crippen LogP contribution in [0.2, 0.25) is 0 Å². The number of para-hydroxylation sites is 1. The Kier molecular flexibility index (Phi) is 4.38. The van der Waals surface area contributed by atoms with Gasteiger partial charge in [-0.3, -0.25) is 9.59 Å². The van der Waals surface area contributed by atoms with Crippen molar-refractivity contribution < 1.29 is 9.53 Å². The standard InChI is InChI=1S/C18H17N3O4/c1-11(16(22)19-12-6-5-7-13(10-12)25-2)21-17(23)14-8-3-4-9-15(14)20-18(21)24/h3-11H,1-2H3,(H,19,22)(H,20,24).